The highest BCUT2D eigenvalue weighted by Gasteiger charge is 2.22. The highest BCUT2D eigenvalue weighted by Crippen LogP contribution is 2.29. The van der Waals surface area contributed by atoms with Crippen LogP contribution in [0.3, 0.4) is 0 Å². The molecule has 1 heterocycles. The maximum Gasteiger partial charge on any atom is 0.254 e. The van der Waals surface area contributed by atoms with Crippen LogP contribution in [0.4, 0.5) is 5.69 Å². The minimum atomic E-state index is -0.0874. The monoisotopic (exact) mass is 311 g/mol. The molecule has 1 saturated heterocycles. The molecule has 20 heavy (non-hydrogen) atoms. The van der Waals surface area contributed by atoms with E-state index in [0.29, 0.717) is 35.9 Å². The molecule has 0 radical (unpaired) electrons. The fourth-order valence-corrected chi connectivity index (χ4v) is 2.49. The van der Waals surface area contributed by atoms with E-state index >= 15 is 0 Å². The van der Waals surface area contributed by atoms with Gasteiger partial charge in [-0.3, -0.25) is 9.69 Å². The van der Waals surface area contributed by atoms with E-state index < -0.39 is 0 Å². The molecule has 2 N–H and O–H groups in total. The number of benzene rings is 1. The third-order valence-corrected chi connectivity index (χ3v) is 4.09. The summed E-state index contributed by atoms with van der Waals surface area (Å²) < 4.78 is 0. The molecule has 0 atom stereocenters. The van der Waals surface area contributed by atoms with Crippen LogP contribution in [0, 0.1) is 12.3 Å². The first kappa shape index (κ1) is 15.0. The average Bonchev–Trinajstić information content (AvgIpc) is 2.44. The van der Waals surface area contributed by atoms with Crippen molar-refractivity contribution < 1.29 is 4.79 Å². The third-order valence-electron chi connectivity index (χ3n) is 3.28. The van der Waals surface area contributed by atoms with Crippen molar-refractivity contribution in [1.29, 1.82) is 0 Å². The second-order valence-electron chi connectivity index (χ2n) is 4.63. The Labute approximate surface area is 128 Å². The van der Waals surface area contributed by atoms with Crippen molar-refractivity contribution in [3.8, 4) is 12.3 Å². The van der Waals surface area contributed by atoms with E-state index in [1.807, 2.05) is 0 Å². The molecule has 1 aliphatic rings. The minimum Gasteiger partial charge on any atom is -0.397 e. The van der Waals surface area contributed by atoms with E-state index in [9.17, 15) is 4.79 Å². The number of piperazine rings is 1. The van der Waals surface area contributed by atoms with Gasteiger partial charge >= 0.3 is 0 Å². The zero-order chi connectivity index (χ0) is 14.7. The number of halogens is 2. The molecule has 2 rings (SSSR count). The van der Waals surface area contributed by atoms with Crippen molar-refractivity contribution in [3.63, 3.8) is 0 Å². The van der Waals surface area contributed by atoms with Gasteiger partial charge in [-0.2, -0.15) is 0 Å². The Bertz CT molecular complexity index is 537. The third kappa shape index (κ3) is 3.18. The van der Waals surface area contributed by atoms with E-state index in [1.54, 1.807) is 17.0 Å². The maximum atomic E-state index is 12.4. The summed E-state index contributed by atoms with van der Waals surface area (Å²) in [5.74, 6) is 2.52. The van der Waals surface area contributed by atoms with Crippen molar-refractivity contribution in [2.45, 2.75) is 0 Å². The Morgan fingerprint density at radius 2 is 1.95 bits per heavy atom. The number of hydrogen-bond donors (Lipinski definition) is 1. The van der Waals surface area contributed by atoms with E-state index in [4.69, 9.17) is 35.4 Å². The summed E-state index contributed by atoms with van der Waals surface area (Å²) in [6, 6.07) is 3.11. The molecular weight excluding hydrogens is 297 g/mol. The van der Waals surface area contributed by atoms with Gasteiger partial charge in [0.25, 0.3) is 5.91 Å². The van der Waals surface area contributed by atoms with E-state index in [0.717, 1.165) is 13.1 Å². The number of carbonyl (C=O) groups is 1. The topological polar surface area (TPSA) is 49.6 Å². The van der Waals surface area contributed by atoms with Gasteiger partial charge in [0.1, 0.15) is 0 Å². The Kier molecular flexibility index (Phi) is 4.77. The fourth-order valence-electron chi connectivity index (χ4n) is 2.15. The summed E-state index contributed by atoms with van der Waals surface area (Å²) in [6.45, 7) is 3.43. The van der Waals surface area contributed by atoms with Crippen LogP contribution in [0.25, 0.3) is 0 Å². The summed E-state index contributed by atoms with van der Waals surface area (Å²) in [4.78, 5) is 16.3. The van der Waals surface area contributed by atoms with Crippen LogP contribution in [0.1, 0.15) is 10.4 Å². The Morgan fingerprint density at radius 3 is 2.50 bits per heavy atom. The number of terminal acetylenes is 1. The Hall–Kier alpha value is -1.41. The van der Waals surface area contributed by atoms with Crippen molar-refractivity contribution in [1.82, 2.24) is 9.80 Å². The molecule has 0 spiro atoms. The molecule has 106 valence electrons. The standard InChI is InChI=1S/C14H15Cl2N3O/c1-2-3-18-4-6-19(7-5-18)14(20)10-8-11(15)13(16)12(17)9-10/h1,8-9H,3-7,17H2. The van der Waals surface area contributed by atoms with Crippen LogP contribution in [-0.4, -0.2) is 48.4 Å². The number of nitrogen functional groups attached to an aromatic ring is 1. The van der Waals surface area contributed by atoms with Crippen molar-refractivity contribution in [3.05, 3.63) is 27.7 Å². The summed E-state index contributed by atoms with van der Waals surface area (Å²) in [5.41, 5.74) is 6.51. The molecule has 0 saturated carbocycles. The van der Waals surface area contributed by atoms with Gasteiger partial charge in [-0.15, -0.1) is 6.42 Å². The van der Waals surface area contributed by atoms with Crippen LogP contribution in [0.2, 0.25) is 10.0 Å². The molecule has 1 fully saturated rings. The van der Waals surface area contributed by atoms with E-state index in [-0.39, 0.29) is 10.9 Å². The van der Waals surface area contributed by atoms with Crippen LogP contribution in [-0.2, 0) is 0 Å². The molecule has 1 aromatic carbocycles. The van der Waals surface area contributed by atoms with Crippen molar-refractivity contribution in [2.75, 3.05) is 38.5 Å². The SMILES string of the molecule is C#CCN1CCN(C(=O)c2cc(N)c(Cl)c(Cl)c2)CC1. The first-order valence-electron chi connectivity index (χ1n) is 6.22. The lowest BCUT2D eigenvalue weighted by molar-refractivity contribution is 0.0652. The van der Waals surface area contributed by atoms with Gasteiger partial charge in [0.2, 0.25) is 0 Å². The Morgan fingerprint density at radius 1 is 1.30 bits per heavy atom. The van der Waals surface area contributed by atoms with Crippen LogP contribution in [0.15, 0.2) is 12.1 Å². The number of nitrogens with two attached hydrogens (primary N) is 1. The minimum absolute atomic E-state index is 0.0874. The zero-order valence-electron chi connectivity index (χ0n) is 10.9. The second-order valence-corrected chi connectivity index (χ2v) is 5.42. The first-order valence-corrected chi connectivity index (χ1v) is 6.98. The molecule has 6 heteroatoms. The molecule has 1 aromatic rings. The lowest BCUT2D eigenvalue weighted by atomic mass is 10.1. The summed E-state index contributed by atoms with van der Waals surface area (Å²) in [6.07, 6.45) is 5.28. The van der Waals surface area contributed by atoms with Gasteiger partial charge in [-0.05, 0) is 12.1 Å². The number of hydrogen-bond acceptors (Lipinski definition) is 3. The number of nitrogens with zero attached hydrogens (tertiary/aromatic N) is 2. The number of amides is 1. The summed E-state index contributed by atoms with van der Waals surface area (Å²) in [5, 5.41) is 0.572. The van der Waals surface area contributed by atoms with Crippen molar-refractivity contribution >= 4 is 34.8 Å². The van der Waals surface area contributed by atoms with Crippen LogP contribution >= 0.6 is 23.2 Å². The second kappa shape index (κ2) is 6.36. The van der Waals surface area contributed by atoms with Gasteiger partial charge in [0.05, 0.1) is 22.3 Å². The molecule has 0 bridgehead atoms. The predicted octanol–water partition coefficient (Wildman–Crippen LogP) is 1.97. The number of rotatable bonds is 2. The van der Waals surface area contributed by atoms with E-state index in [2.05, 4.69) is 10.8 Å². The number of carbonyl (C=O) groups excluding carboxylic acids is 1. The highest BCUT2D eigenvalue weighted by molar-refractivity contribution is 6.43. The lowest BCUT2D eigenvalue weighted by Crippen LogP contribution is -2.48. The highest BCUT2D eigenvalue weighted by atomic mass is 35.5. The fraction of sp³-hybridized carbons (Fsp3) is 0.357. The quantitative estimate of drug-likeness (QED) is 0.671. The molecule has 1 amide bonds. The smallest absolute Gasteiger partial charge is 0.254 e. The van der Waals surface area contributed by atoms with Crippen LogP contribution in [0.5, 0.6) is 0 Å². The van der Waals surface area contributed by atoms with E-state index in [1.165, 1.54) is 0 Å². The molecular formula is C14H15Cl2N3O. The van der Waals surface area contributed by atoms with Gasteiger partial charge in [-0.1, -0.05) is 29.1 Å². The van der Waals surface area contributed by atoms with Crippen LogP contribution < -0.4 is 5.73 Å². The number of anilines is 1. The average molecular weight is 312 g/mol. The lowest BCUT2D eigenvalue weighted by Gasteiger charge is -2.33. The molecule has 0 unspecified atom stereocenters. The normalized spacial score (nSPS) is 15.9. The van der Waals surface area contributed by atoms with Crippen molar-refractivity contribution in [2.24, 2.45) is 0 Å². The molecule has 1 aliphatic heterocycles. The van der Waals surface area contributed by atoms with Gasteiger partial charge < -0.3 is 10.6 Å². The summed E-state index contributed by atoms with van der Waals surface area (Å²) >= 11 is 11.8. The Balaban J connectivity index is 2.08. The van der Waals surface area contributed by atoms with Gasteiger partial charge in [0, 0.05) is 31.7 Å². The maximum absolute atomic E-state index is 12.4. The molecule has 0 aromatic heterocycles. The molecule has 0 aliphatic carbocycles. The van der Waals surface area contributed by atoms with Gasteiger partial charge in [0.15, 0.2) is 0 Å². The molecule has 4 nitrogen and oxygen atoms in total. The van der Waals surface area contributed by atoms with Gasteiger partial charge in [-0.25, -0.2) is 0 Å². The zero-order valence-corrected chi connectivity index (χ0v) is 12.4. The largest absolute Gasteiger partial charge is 0.397 e. The first-order chi connectivity index (χ1) is 9.52. The predicted molar refractivity (Wildman–Crippen MR) is 82.1 cm³/mol. The summed E-state index contributed by atoms with van der Waals surface area (Å²) in [7, 11) is 0.